The standard InChI is InChI=1S/C16H20N2O2/c1-5-18-15(19)13(16(3,4)20)10-14(17-18)12-8-6-11(2)7-9-12/h6-10,20H,5H2,1-4H3. The Morgan fingerprint density at radius 3 is 2.35 bits per heavy atom. The second-order valence-corrected chi connectivity index (χ2v) is 5.49. The number of benzene rings is 1. The minimum Gasteiger partial charge on any atom is -0.386 e. The van der Waals surface area contributed by atoms with Gasteiger partial charge in [0.25, 0.3) is 5.56 Å². The first-order valence-electron chi connectivity index (χ1n) is 6.75. The number of hydrogen-bond donors (Lipinski definition) is 1. The molecule has 2 aromatic rings. The first-order valence-corrected chi connectivity index (χ1v) is 6.75. The van der Waals surface area contributed by atoms with Crippen LogP contribution in [0.5, 0.6) is 0 Å². The predicted molar refractivity (Wildman–Crippen MR) is 79.6 cm³/mol. The summed E-state index contributed by atoms with van der Waals surface area (Å²) in [6.45, 7) is 7.58. The average Bonchev–Trinajstić information content (AvgIpc) is 2.38. The molecular weight excluding hydrogens is 252 g/mol. The summed E-state index contributed by atoms with van der Waals surface area (Å²) in [5.41, 5.74) is 1.74. The molecule has 0 atom stereocenters. The molecule has 106 valence electrons. The van der Waals surface area contributed by atoms with Crippen molar-refractivity contribution in [2.75, 3.05) is 0 Å². The van der Waals surface area contributed by atoms with E-state index in [1.165, 1.54) is 10.2 Å². The Bertz CT molecular complexity index is 664. The minimum atomic E-state index is -1.18. The first kappa shape index (κ1) is 14.5. The molecule has 1 N–H and O–H groups in total. The Morgan fingerprint density at radius 2 is 1.85 bits per heavy atom. The molecule has 20 heavy (non-hydrogen) atoms. The molecule has 0 aliphatic carbocycles. The number of rotatable bonds is 3. The summed E-state index contributed by atoms with van der Waals surface area (Å²) >= 11 is 0. The van der Waals surface area contributed by atoms with E-state index >= 15 is 0 Å². The van der Waals surface area contributed by atoms with Gasteiger partial charge in [0.05, 0.1) is 16.9 Å². The lowest BCUT2D eigenvalue weighted by Crippen LogP contribution is -2.33. The SMILES string of the molecule is CCn1nc(-c2ccc(C)cc2)cc(C(C)(C)O)c1=O. The van der Waals surface area contributed by atoms with Gasteiger partial charge in [0.1, 0.15) is 0 Å². The normalized spacial score (nSPS) is 11.7. The van der Waals surface area contributed by atoms with Crippen molar-refractivity contribution in [2.24, 2.45) is 0 Å². The molecule has 0 bridgehead atoms. The summed E-state index contributed by atoms with van der Waals surface area (Å²) in [7, 11) is 0. The van der Waals surface area contributed by atoms with E-state index < -0.39 is 5.60 Å². The molecule has 0 unspecified atom stereocenters. The highest BCUT2D eigenvalue weighted by atomic mass is 16.3. The molecule has 1 aromatic heterocycles. The summed E-state index contributed by atoms with van der Waals surface area (Å²) in [6.07, 6.45) is 0. The van der Waals surface area contributed by atoms with Gasteiger partial charge in [-0.25, -0.2) is 4.68 Å². The molecule has 4 heteroatoms. The zero-order valence-corrected chi connectivity index (χ0v) is 12.3. The third kappa shape index (κ3) is 2.80. The molecule has 4 nitrogen and oxygen atoms in total. The zero-order chi connectivity index (χ0) is 14.9. The first-order chi connectivity index (χ1) is 9.32. The minimum absolute atomic E-state index is 0.240. The van der Waals surface area contributed by atoms with Gasteiger partial charge in [-0.15, -0.1) is 0 Å². The lowest BCUT2D eigenvalue weighted by Gasteiger charge is -2.19. The fraction of sp³-hybridized carbons (Fsp3) is 0.375. The van der Waals surface area contributed by atoms with E-state index in [-0.39, 0.29) is 5.56 Å². The zero-order valence-electron chi connectivity index (χ0n) is 12.3. The highest BCUT2D eigenvalue weighted by molar-refractivity contribution is 5.59. The average molecular weight is 272 g/mol. The number of nitrogens with zero attached hydrogens (tertiary/aromatic N) is 2. The van der Waals surface area contributed by atoms with Crippen molar-refractivity contribution >= 4 is 0 Å². The van der Waals surface area contributed by atoms with E-state index in [0.29, 0.717) is 17.8 Å². The van der Waals surface area contributed by atoms with Crippen molar-refractivity contribution in [2.45, 2.75) is 39.8 Å². The van der Waals surface area contributed by atoms with Crippen molar-refractivity contribution in [3.63, 3.8) is 0 Å². The van der Waals surface area contributed by atoms with Gasteiger partial charge in [0.2, 0.25) is 0 Å². The Labute approximate surface area is 118 Å². The fourth-order valence-electron chi connectivity index (χ4n) is 2.06. The van der Waals surface area contributed by atoms with Gasteiger partial charge >= 0.3 is 0 Å². The molecule has 0 fully saturated rings. The van der Waals surface area contributed by atoms with Crippen LogP contribution in [-0.2, 0) is 12.1 Å². The molecule has 0 spiro atoms. The molecule has 0 amide bonds. The van der Waals surface area contributed by atoms with Gasteiger partial charge in [-0.05, 0) is 33.8 Å². The van der Waals surface area contributed by atoms with E-state index in [1.54, 1.807) is 19.9 Å². The predicted octanol–water partition coefficient (Wildman–Crippen LogP) is 2.47. The number of aliphatic hydroxyl groups is 1. The van der Waals surface area contributed by atoms with E-state index in [1.807, 2.05) is 38.1 Å². The van der Waals surface area contributed by atoms with Gasteiger partial charge in [0, 0.05) is 12.1 Å². The largest absolute Gasteiger partial charge is 0.386 e. The summed E-state index contributed by atoms with van der Waals surface area (Å²) in [6, 6.07) is 9.62. The maximum absolute atomic E-state index is 12.2. The van der Waals surface area contributed by atoms with Crippen LogP contribution in [0, 0.1) is 6.92 Å². The maximum atomic E-state index is 12.2. The van der Waals surface area contributed by atoms with Crippen molar-refractivity contribution in [1.82, 2.24) is 9.78 Å². The van der Waals surface area contributed by atoms with E-state index in [9.17, 15) is 9.90 Å². The van der Waals surface area contributed by atoms with Crippen LogP contribution in [-0.4, -0.2) is 14.9 Å². The summed E-state index contributed by atoms with van der Waals surface area (Å²) in [5, 5.41) is 14.5. The number of aryl methyl sites for hydroxylation is 2. The van der Waals surface area contributed by atoms with E-state index in [0.717, 1.165) is 5.56 Å². The Hall–Kier alpha value is -1.94. The molecule has 0 saturated carbocycles. The van der Waals surface area contributed by atoms with E-state index in [4.69, 9.17) is 0 Å². The molecule has 1 aromatic carbocycles. The van der Waals surface area contributed by atoms with Crippen LogP contribution in [0.2, 0.25) is 0 Å². The van der Waals surface area contributed by atoms with Gasteiger partial charge in [-0.2, -0.15) is 5.10 Å². The Balaban J connectivity index is 2.66. The number of hydrogen-bond acceptors (Lipinski definition) is 3. The van der Waals surface area contributed by atoms with Gasteiger partial charge in [-0.1, -0.05) is 29.8 Å². The molecular formula is C16H20N2O2. The smallest absolute Gasteiger partial charge is 0.272 e. The molecule has 0 radical (unpaired) electrons. The van der Waals surface area contributed by atoms with Crippen molar-refractivity contribution in [3.05, 3.63) is 51.8 Å². The fourth-order valence-corrected chi connectivity index (χ4v) is 2.06. The second-order valence-electron chi connectivity index (χ2n) is 5.49. The molecule has 2 rings (SSSR count). The summed E-state index contributed by atoms with van der Waals surface area (Å²) in [5.74, 6) is 0. The third-order valence-corrected chi connectivity index (χ3v) is 3.28. The molecule has 0 saturated heterocycles. The van der Waals surface area contributed by atoms with Crippen molar-refractivity contribution < 1.29 is 5.11 Å². The van der Waals surface area contributed by atoms with E-state index in [2.05, 4.69) is 5.10 Å². The monoisotopic (exact) mass is 272 g/mol. The van der Waals surface area contributed by atoms with Crippen LogP contribution in [0.15, 0.2) is 35.1 Å². The van der Waals surface area contributed by atoms with Crippen LogP contribution in [0.3, 0.4) is 0 Å². The topological polar surface area (TPSA) is 55.1 Å². The third-order valence-electron chi connectivity index (χ3n) is 3.28. The van der Waals surface area contributed by atoms with Crippen LogP contribution in [0.25, 0.3) is 11.3 Å². The van der Waals surface area contributed by atoms with Crippen LogP contribution in [0.1, 0.15) is 31.9 Å². The quantitative estimate of drug-likeness (QED) is 0.933. The highest BCUT2D eigenvalue weighted by Gasteiger charge is 2.22. The molecule has 1 heterocycles. The van der Waals surface area contributed by atoms with Crippen LogP contribution < -0.4 is 5.56 Å². The summed E-state index contributed by atoms with van der Waals surface area (Å²) in [4.78, 5) is 12.2. The van der Waals surface area contributed by atoms with Gasteiger partial charge < -0.3 is 5.11 Å². The van der Waals surface area contributed by atoms with Gasteiger partial charge in [-0.3, -0.25) is 4.79 Å². The molecule has 0 aliphatic heterocycles. The van der Waals surface area contributed by atoms with Crippen molar-refractivity contribution in [1.29, 1.82) is 0 Å². The highest BCUT2D eigenvalue weighted by Crippen LogP contribution is 2.22. The van der Waals surface area contributed by atoms with Crippen molar-refractivity contribution in [3.8, 4) is 11.3 Å². The maximum Gasteiger partial charge on any atom is 0.272 e. The summed E-state index contributed by atoms with van der Waals surface area (Å²) < 4.78 is 1.39. The second kappa shape index (κ2) is 5.21. The Kier molecular flexibility index (Phi) is 3.77. The van der Waals surface area contributed by atoms with Crippen LogP contribution >= 0.6 is 0 Å². The lowest BCUT2D eigenvalue weighted by molar-refractivity contribution is 0.0762. The Morgan fingerprint density at radius 1 is 1.25 bits per heavy atom. The van der Waals surface area contributed by atoms with Gasteiger partial charge in [0.15, 0.2) is 0 Å². The molecule has 0 aliphatic rings. The van der Waals surface area contributed by atoms with Crippen LogP contribution in [0.4, 0.5) is 0 Å². The number of aromatic nitrogens is 2. The lowest BCUT2D eigenvalue weighted by atomic mass is 9.98.